The summed E-state index contributed by atoms with van der Waals surface area (Å²) in [6.07, 6.45) is 1.20. The number of hydrogen-bond donors (Lipinski definition) is 1. The van der Waals surface area contributed by atoms with Gasteiger partial charge in [-0.1, -0.05) is 6.07 Å². The largest absolute Gasteiger partial charge is 0.492 e. The number of aromatic carboxylic acids is 1. The second-order valence-electron chi connectivity index (χ2n) is 4.61. The third-order valence-electron chi connectivity index (χ3n) is 2.67. The highest BCUT2D eigenvalue weighted by molar-refractivity contribution is 7.90. The normalized spacial score (nSPS) is 11.6. The van der Waals surface area contributed by atoms with Gasteiger partial charge in [-0.25, -0.2) is 13.2 Å². The number of ether oxygens (including phenoxy) is 1. The SMILES string of the molecule is CN(CCOc1cccc(C(=O)O)c1)CCS(C)(=O)=O. The maximum atomic E-state index is 11.0. The fourth-order valence-electron chi connectivity index (χ4n) is 1.47. The molecule has 0 aliphatic heterocycles. The van der Waals surface area contributed by atoms with Gasteiger partial charge in [0.05, 0.1) is 11.3 Å². The van der Waals surface area contributed by atoms with Gasteiger partial charge < -0.3 is 14.7 Å². The smallest absolute Gasteiger partial charge is 0.335 e. The fraction of sp³-hybridized carbons (Fsp3) is 0.462. The third-order valence-corrected chi connectivity index (χ3v) is 3.59. The molecule has 0 bridgehead atoms. The maximum absolute atomic E-state index is 11.0. The number of likely N-dealkylation sites (N-methyl/N-ethyl adjacent to an activating group) is 1. The molecule has 0 aromatic heterocycles. The highest BCUT2D eigenvalue weighted by atomic mass is 32.2. The van der Waals surface area contributed by atoms with Crippen LogP contribution in [0.5, 0.6) is 5.75 Å². The Hall–Kier alpha value is -1.60. The second-order valence-corrected chi connectivity index (χ2v) is 6.87. The molecule has 0 radical (unpaired) electrons. The molecule has 0 aliphatic rings. The Morgan fingerprint density at radius 3 is 2.65 bits per heavy atom. The standard InChI is InChI=1S/C13H19NO5S/c1-14(7-9-20(2,17)18)6-8-19-12-5-3-4-11(10-12)13(15)16/h3-5,10H,6-9H2,1-2H3,(H,15,16). The minimum Gasteiger partial charge on any atom is -0.492 e. The van der Waals surface area contributed by atoms with Crippen molar-refractivity contribution >= 4 is 15.8 Å². The first kappa shape index (κ1) is 16.5. The highest BCUT2D eigenvalue weighted by Gasteiger charge is 2.06. The van der Waals surface area contributed by atoms with Crippen LogP contribution in [0.2, 0.25) is 0 Å². The molecule has 20 heavy (non-hydrogen) atoms. The van der Waals surface area contributed by atoms with Crippen LogP contribution in [0.15, 0.2) is 24.3 Å². The van der Waals surface area contributed by atoms with E-state index in [4.69, 9.17) is 9.84 Å². The minimum atomic E-state index is -2.96. The molecular weight excluding hydrogens is 282 g/mol. The lowest BCUT2D eigenvalue weighted by molar-refractivity contribution is 0.0696. The summed E-state index contributed by atoms with van der Waals surface area (Å²) in [6.45, 7) is 1.37. The van der Waals surface area contributed by atoms with E-state index >= 15 is 0 Å². The van der Waals surface area contributed by atoms with E-state index in [1.165, 1.54) is 18.4 Å². The van der Waals surface area contributed by atoms with Gasteiger partial charge in [0.25, 0.3) is 0 Å². The summed E-state index contributed by atoms with van der Waals surface area (Å²) in [7, 11) is -1.15. The maximum Gasteiger partial charge on any atom is 0.335 e. The van der Waals surface area contributed by atoms with Gasteiger partial charge in [-0.2, -0.15) is 0 Å². The van der Waals surface area contributed by atoms with Crippen molar-refractivity contribution in [3.05, 3.63) is 29.8 Å². The van der Waals surface area contributed by atoms with Crippen molar-refractivity contribution < 1.29 is 23.1 Å². The van der Waals surface area contributed by atoms with Gasteiger partial charge in [-0.05, 0) is 25.2 Å². The average molecular weight is 301 g/mol. The Labute approximate surface area is 118 Å². The van der Waals surface area contributed by atoms with Crippen LogP contribution in [0.4, 0.5) is 0 Å². The van der Waals surface area contributed by atoms with Crippen LogP contribution >= 0.6 is 0 Å². The van der Waals surface area contributed by atoms with Gasteiger partial charge in [0.1, 0.15) is 22.2 Å². The zero-order chi connectivity index (χ0) is 15.2. The van der Waals surface area contributed by atoms with Crippen molar-refractivity contribution in [2.75, 3.05) is 38.8 Å². The van der Waals surface area contributed by atoms with Gasteiger partial charge in [-0.15, -0.1) is 0 Å². The molecule has 112 valence electrons. The van der Waals surface area contributed by atoms with Crippen molar-refractivity contribution in [3.63, 3.8) is 0 Å². The summed E-state index contributed by atoms with van der Waals surface area (Å²) in [4.78, 5) is 12.6. The zero-order valence-electron chi connectivity index (χ0n) is 11.6. The van der Waals surface area contributed by atoms with Gasteiger partial charge in [0.15, 0.2) is 0 Å². The number of rotatable bonds is 8. The average Bonchev–Trinajstić information content (AvgIpc) is 2.36. The topological polar surface area (TPSA) is 83.9 Å². The van der Waals surface area contributed by atoms with E-state index in [1.807, 2.05) is 11.9 Å². The Bertz CT molecular complexity index is 556. The number of carboxylic acid groups (broad SMARTS) is 1. The lowest BCUT2D eigenvalue weighted by Gasteiger charge is -2.16. The first-order valence-corrected chi connectivity index (χ1v) is 8.16. The molecule has 7 heteroatoms. The first-order valence-electron chi connectivity index (χ1n) is 6.10. The fourth-order valence-corrected chi connectivity index (χ4v) is 2.12. The molecule has 1 aromatic carbocycles. The number of carboxylic acids is 1. The van der Waals surface area contributed by atoms with Crippen molar-refractivity contribution in [3.8, 4) is 5.75 Å². The number of nitrogens with zero attached hydrogens (tertiary/aromatic N) is 1. The summed E-state index contributed by atoms with van der Waals surface area (Å²) in [6, 6.07) is 6.25. The lowest BCUT2D eigenvalue weighted by Crippen LogP contribution is -2.29. The van der Waals surface area contributed by atoms with Crippen molar-refractivity contribution in [2.24, 2.45) is 0 Å². The van der Waals surface area contributed by atoms with Crippen LogP contribution in [0.1, 0.15) is 10.4 Å². The van der Waals surface area contributed by atoms with E-state index in [1.54, 1.807) is 12.1 Å². The first-order chi connectivity index (χ1) is 9.28. The van der Waals surface area contributed by atoms with Crippen molar-refractivity contribution in [1.29, 1.82) is 0 Å². The second kappa shape index (κ2) is 7.25. The highest BCUT2D eigenvalue weighted by Crippen LogP contribution is 2.13. The molecular formula is C13H19NO5S. The Kier molecular flexibility index (Phi) is 5.97. The molecule has 0 atom stereocenters. The van der Waals surface area contributed by atoms with Gasteiger partial charge >= 0.3 is 5.97 Å². The lowest BCUT2D eigenvalue weighted by atomic mass is 10.2. The van der Waals surface area contributed by atoms with Crippen LogP contribution < -0.4 is 4.74 Å². The van der Waals surface area contributed by atoms with E-state index < -0.39 is 15.8 Å². The summed E-state index contributed by atoms with van der Waals surface area (Å²) in [5.74, 6) is -0.403. The van der Waals surface area contributed by atoms with Gasteiger partial charge in [0, 0.05) is 19.3 Å². The predicted molar refractivity (Wildman–Crippen MR) is 76.1 cm³/mol. The predicted octanol–water partition coefficient (Wildman–Crippen LogP) is 0.740. The summed E-state index contributed by atoms with van der Waals surface area (Å²) in [5.41, 5.74) is 0.174. The molecule has 0 amide bonds. The molecule has 1 rings (SSSR count). The molecule has 0 saturated carbocycles. The number of benzene rings is 1. The van der Waals surface area contributed by atoms with E-state index in [9.17, 15) is 13.2 Å². The monoisotopic (exact) mass is 301 g/mol. The molecule has 6 nitrogen and oxygen atoms in total. The minimum absolute atomic E-state index is 0.109. The third kappa shape index (κ3) is 6.53. The summed E-state index contributed by atoms with van der Waals surface area (Å²) in [5, 5.41) is 8.85. The zero-order valence-corrected chi connectivity index (χ0v) is 12.4. The van der Waals surface area contributed by atoms with Crippen LogP contribution in [-0.2, 0) is 9.84 Å². The molecule has 1 aromatic rings. The van der Waals surface area contributed by atoms with Crippen LogP contribution in [0.25, 0.3) is 0 Å². The number of carbonyl (C=O) groups is 1. The molecule has 1 N–H and O–H groups in total. The van der Waals surface area contributed by atoms with E-state index in [0.717, 1.165) is 0 Å². The van der Waals surface area contributed by atoms with Crippen LogP contribution in [-0.4, -0.2) is 63.1 Å². The summed E-state index contributed by atoms with van der Waals surface area (Å²) >= 11 is 0. The van der Waals surface area contributed by atoms with Crippen molar-refractivity contribution in [2.45, 2.75) is 0 Å². The molecule has 0 unspecified atom stereocenters. The molecule has 0 aliphatic carbocycles. The van der Waals surface area contributed by atoms with Crippen molar-refractivity contribution in [1.82, 2.24) is 4.90 Å². The Balaban J connectivity index is 2.37. The Morgan fingerprint density at radius 1 is 1.35 bits per heavy atom. The van der Waals surface area contributed by atoms with Gasteiger partial charge in [-0.3, -0.25) is 0 Å². The van der Waals surface area contributed by atoms with Crippen LogP contribution in [0, 0.1) is 0 Å². The molecule has 0 saturated heterocycles. The van der Waals surface area contributed by atoms with Crippen LogP contribution in [0.3, 0.4) is 0 Å². The Morgan fingerprint density at radius 2 is 2.05 bits per heavy atom. The number of hydrogen-bond acceptors (Lipinski definition) is 5. The van der Waals surface area contributed by atoms with E-state index in [-0.39, 0.29) is 11.3 Å². The molecule has 0 spiro atoms. The van der Waals surface area contributed by atoms with Gasteiger partial charge in [0.2, 0.25) is 0 Å². The quantitative estimate of drug-likeness (QED) is 0.762. The van der Waals surface area contributed by atoms with E-state index in [0.29, 0.717) is 25.4 Å². The number of sulfone groups is 1. The van der Waals surface area contributed by atoms with E-state index in [2.05, 4.69) is 0 Å². The molecule has 0 heterocycles. The summed E-state index contributed by atoms with van der Waals surface area (Å²) < 4.78 is 27.5. The molecule has 0 fully saturated rings.